The fraction of sp³-hybridized carbons (Fsp3) is 0.391. The molecule has 0 bridgehead atoms. The molecule has 36 heavy (non-hydrogen) atoms. The summed E-state index contributed by atoms with van der Waals surface area (Å²) in [7, 11) is 1.34. The van der Waals surface area contributed by atoms with Gasteiger partial charge in [0.05, 0.1) is 49.8 Å². The molecule has 13 heteroatoms. The molecule has 1 aliphatic heterocycles. The van der Waals surface area contributed by atoms with Crippen molar-refractivity contribution in [3.63, 3.8) is 0 Å². The predicted molar refractivity (Wildman–Crippen MR) is 123 cm³/mol. The zero-order valence-corrected chi connectivity index (χ0v) is 19.5. The topological polar surface area (TPSA) is 89.6 Å². The van der Waals surface area contributed by atoms with Crippen LogP contribution < -0.4 is 10.1 Å². The molecule has 0 saturated carbocycles. The number of imidazole rings is 1. The van der Waals surface area contributed by atoms with Gasteiger partial charge in [-0.15, -0.1) is 5.10 Å². The van der Waals surface area contributed by atoms with Gasteiger partial charge in [0.1, 0.15) is 23.9 Å². The number of amides is 1. The van der Waals surface area contributed by atoms with E-state index in [1.54, 1.807) is 0 Å². The Morgan fingerprint density at radius 1 is 1.28 bits per heavy atom. The molecule has 4 aromatic rings. The van der Waals surface area contributed by atoms with Crippen LogP contribution in [0.4, 0.5) is 23.5 Å². The molecule has 0 spiro atoms. The first-order valence-electron chi connectivity index (χ1n) is 11.3. The molecule has 0 radical (unpaired) electrons. The molecule has 1 aromatic carbocycles. The highest BCUT2D eigenvalue weighted by Gasteiger charge is 2.31. The van der Waals surface area contributed by atoms with E-state index < -0.39 is 30.5 Å². The minimum atomic E-state index is -1.35. The van der Waals surface area contributed by atoms with Gasteiger partial charge in [-0.05, 0) is 24.1 Å². The minimum Gasteiger partial charge on any atom is -0.479 e. The molecule has 190 valence electrons. The van der Waals surface area contributed by atoms with E-state index in [0.29, 0.717) is 18.5 Å². The lowest BCUT2D eigenvalue weighted by molar-refractivity contribution is -0.131. The van der Waals surface area contributed by atoms with E-state index in [1.807, 2.05) is 0 Å². The molecule has 1 fully saturated rings. The number of aryl methyl sites for hydroxylation is 1. The van der Waals surface area contributed by atoms with Crippen molar-refractivity contribution in [3.05, 3.63) is 36.3 Å². The number of hydrogen-bond donors (Lipinski definition) is 1. The van der Waals surface area contributed by atoms with Crippen LogP contribution in [0.2, 0.25) is 0 Å². The van der Waals surface area contributed by atoms with Crippen LogP contribution in [-0.4, -0.2) is 74.0 Å². The van der Waals surface area contributed by atoms with Crippen molar-refractivity contribution in [2.45, 2.75) is 32.1 Å². The first-order valence-corrected chi connectivity index (χ1v) is 11.3. The second-order valence-electron chi connectivity index (χ2n) is 8.56. The number of anilines is 1. The zero-order chi connectivity index (χ0) is 25.6. The van der Waals surface area contributed by atoms with Crippen LogP contribution in [0.3, 0.4) is 0 Å². The summed E-state index contributed by atoms with van der Waals surface area (Å²) < 4.78 is 65.7. The number of methoxy groups -OCH3 is 1. The maximum Gasteiger partial charge on any atom is 0.244 e. The van der Waals surface area contributed by atoms with E-state index in [0.717, 1.165) is 12.3 Å². The molecule has 3 aromatic heterocycles. The number of fused-ring (bicyclic) bond motifs is 2. The van der Waals surface area contributed by atoms with Crippen LogP contribution in [0, 0.1) is 11.6 Å². The number of nitrogens with one attached hydrogen (secondary N) is 1. The van der Waals surface area contributed by atoms with Gasteiger partial charge in [-0.1, -0.05) is 0 Å². The first-order chi connectivity index (χ1) is 17.3. The van der Waals surface area contributed by atoms with Crippen molar-refractivity contribution in [3.8, 4) is 17.0 Å². The fourth-order valence-electron chi connectivity index (χ4n) is 4.55. The van der Waals surface area contributed by atoms with E-state index in [2.05, 4.69) is 20.4 Å². The van der Waals surface area contributed by atoms with Crippen LogP contribution in [0.15, 0.2) is 24.7 Å². The monoisotopic (exact) mass is 505 g/mol. The number of hydrogen-bond acceptors (Lipinski definition) is 6. The summed E-state index contributed by atoms with van der Waals surface area (Å²) in [5, 5.41) is 7.17. The van der Waals surface area contributed by atoms with Gasteiger partial charge >= 0.3 is 0 Å². The Morgan fingerprint density at radius 3 is 2.78 bits per heavy atom. The lowest BCUT2D eigenvalue weighted by Crippen LogP contribution is -2.49. The summed E-state index contributed by atoms with van der Waals surface area (Å²) in [4.78, 5) is 21.2. The summed E-state index contributed by atoms with van der Waals surface area (Å²) in [6.45, 7) is 1.01. The summed E-state index contributed by atoms with van der Waals surface area (Å²) in [6, 6.07) is 1.99. The maximum atomic E-state index is 15.2. The molecule has 2 atom stereocenters. The van der Waals surface area contributed by atoms with Crippen LogP contribution >= 0.6 is 0 Å². The lowest BCUT2D eigenvalue weighted by Gasteiger charge is -2.34. The second-order valence-corrected chi connectivity index (χ2v) is 8.56. The summed E-state index contributed by atoms with van der Waals surface area (Å²) in [5.41, 5.74) is 0.654. The van der Waals surface area contributed by atoms with Gasteiger partial charge in [-0.25, -0.2) is 27.1 Å². The third kappa shape index (κ3) is 4.07. The van der Waals surface area contributed by atoms with Gasteiger partial charge in [0.15, 0.2) is 11.6 Å². The quantitative estimate of drug-likeness (QED) is 0.404. The number of alkyl halides is 2. The van der Waals surface area contributed by atoms with Crippen molar-refractivity contribution in [1.29, 1.82) is 0 Å². The van der Waals surface area contributed by atoms with Gasteiger partial charge in [0.2, 0.25) is 17.7 Å². The smallest absolute Gasteiger partial charge is 0.244 e. The summed E-state index contributed by atoms with van der Waals surface area (Å²) >= 11 is 0. The number of likely N-dealkylation sites (tertiary alicyclic amines) is 1. The molecule has 5 rings (SSSR count). The standard InChI is InChI=1S/C23H23F4N7O2/c1-12(35)32-5-3-17(15(26)9-32)29-23-30-22(36-2)21-19(16(27)10-34(21)31-23)13-7-14(25)20-18(8-13)33(6-4-24)11-28-20/h7-8,10-11,15,17H,3-6,9H2,1-2H3,(H,29,31)/t15-,17+/m1/s1. The fourth-order valence-corrected chi connectivity index (χ4v) is 4.55. The molecule has 1 amide bonds. The number of carbonyl (C=O) groups is 1. The highest BCUT2D eigenvalue weighted by atomic mass is 19.1. The SMILES string of the molecule is COc1nc(N[C@H]2CCN(C(C)=O)C[C@H]2F)nn2cc(F)c(-c3cc(F)c4ncn(CCF)c4c3)c12. The molecule has 1 N–H and O–H groups in total. The van der Waals surface area contributed by atoms with Crippen LogP contribution in [0.25, 0.3) is 27.7 Å². The number of nitrogens with zero attached hydrogens (tertiary/aromatic N) is 6. The number of carbonyl (C=O) groups excluding carboxylic acids is 1. The van der Waals surface area contributed by atoms with E-state index in [9.17, 15) is 18.0 Å². The number of piperidine rings is 1. The number of halogens is 4. The Balaban J connectivity index is 1.54. The normalized spacial score (nSPS) is 18.2. The summed E-state index contributed by atoms with van der Waals surface area (Å²) in [6.07, 6.45) is 1.40. The highest BCUT2D eigenvalue weighted by molar-refractivity contribution is 5.90. The van der Waals surface area contributed by atoms with Crippen molar-refractivity contribution >= 4 is 28.4 Å². The van der Waals surface area contributed by atoms with E-state index in [-0.39, 0.29) is 53.0 Å². The van der Waals surface area contributed by atoms with Crippen LogP contribution in [0.5, 0.6) is 5.88 Å². The molecule has 0 unspecified atom stereocenters. The van der Waals surface area contributed by atoms with Gasteiger partial charge in [0, 0.05) is 13.5 Å². The average Bonchev–Trinajstić information content (AvgIpc) is 3.40. The Kier molecular flexibility index (Phi) is 6.14. The third-order valence-electron chi connectivity index (χ3n) is 6.34. The Labute approximate surface area is 202 Å². The maximum absolute atomic E-state index is 15.2. The largest absolute Gasteiger partial charge is 0.479 e. The van der Waals surface area contributed by atoms with E-state index in [4.69, 9.17) is 4.74 Å². The average molecular weight is 505 g/mol. The van der Waals surface area contributed by atoms with Crippen LogP contribution in [0.1, 0.15) is 13.3 Å². The van der Waals surface area contributed by atoms with Gasteiger partial charge in [-0.3, -0.25) is 4.79 Å². The molecular formula is C23H23F4N7O2. The minimum absolute atomic E-state index is 0.00693. The van der Waals surface area contributed by atoms with Crippen molar-refractivity contribution in [2.24, 2.45) is 0 Å². The van der Waals surface area contributed by atoms with Crippen LogP contribution in [-0.2, 0) is 11.3 Å². The molecule has 9 nitrogen and oxygen atoms in total. The second kappa shape index (κ2) is 9.28. The van der Waals surface area contributed by atoms with Gasteiger partial charge < -0.3 is 19.5 Å². The predicted octanol–water partition coefficient (Wildman–Crippen LogP) is 3.37. The number of rotatable bonds is 6. The third-order valence-corrected chi connectivity index (χ3v) is 6.34. The lowest BCUT2D eigenvalue weighted by atomic mass is 10.0. The number of aromatic nitrogens is 5. The van der Waals surface area contributed by atoms with Gasteiger partial charge in [-0.2, -0.15) is 4.98 Å². The first kappa shape index (κ1) is 23.8. The Bertz CT molecular complexity index is 1450. The zero-order valence-electron chi connectivity index (χ0n) is 19.5. The Hall–Kier alpha value is -3.90. The number of ether oxygens (including phenoxy) is 1. The molecule has 4 heterocycles. The summed E-state index contributed by atoms with van der Waals surface area (Å²) in [5.74, 6) is -1.61. The van der Waals surface area contributed by atoms with E-state index >= 15 is 4.39 Å². The van der Waals surface area contributed by atoms with Crippen molar-refractivity contribution in [1.82, 2.24) is 29.0 Å². The molecule has 0 aliphatic carbocycles. The van der Waals surface area contributed by atoms with Gasteiger partial charge in [0.25, 0.3) is 0 Å². The molecule has 1 aliphatic rings. The molecule has 1 saturated heterocycles. The highest BCUT2D eigenvalue weighted by Crippen LogP contribution is 2.36. The van der Waals surface area contributed by atoms with Crippen molar-refractivity contribution in [2.75, 3.05) is 32.2 Å². The molecular weight excluding hydrogens is 482 g/mol. The Morgan fingerprint density at radius 2 is 2.08 bits per heavy atom. The number of benzene rings is 1. The van der Waals surface area contributed by atoms with Crippen molar-refractivity contribution < 1.29 is 27.1 Å². The van der Waals surface area contributed by atoms with E-state index in [1.165, 1.54) is 40.4 Å².